The first-order chi connectivity index (χ1) is 17.0. The molecule has 0 saturated heterocycles. The summed E-state index contributed by atoms with van der Waals surface area (Å²) in [4.78, 5) is 40.2. The monoisotopic (exact) mass is 507 g/mol. The van der Waals surface area contributed by atoms with Crippen molar-refractivity contribution in [2.45, 2.75) is 46.8 Å². The fourth-order valence-corrected chi connectivity index (χ4v) is 4.72. The predicted molar refractivity (Wildman–Crippen MR) is 138 cm³/mol. The number of hydrogen-bond donors (Lipinski definition) is 3. The van der Waals surface area contributed by atoms with E-state index in [9.17, 15) is 14.4 Å². The molecule has 9 nitrogen and oxygen atoms in total. The molecule has 0 aliphatic carbocycles. The molecule has 0 saturated carbocycles. The number of nitrogens with zero attached hydrogens (tertiary/aromatic N) is 2. The van der Waals surface area contributed by atoms with Gasteiger partial charge in [0.05, 0.1) is 29.5 Å². The van der Waals surface area contributed by atoms with E-state index < -0.39 is 10.9 Å². The van der Waals surface area contributed by atoms with Crippen molar-refractivity contribution >= 4 is 34.6 Å². The first-order valence-corrected chi connectivity index (χ1v) is 11.9. The molecule has 186 valence electrons. The highest BCUT2D eigenvalue weighted by molar-refractivity contribution is 6.32. The summed E-state index contributed by atoms with van der Waals surface area (Å²) in [5, 5.41) is 13.5. The maximum atomic E-state index is 13.3. The van der Waals surface area contributed by atoms with Gasteiger partial charge in [-0.05, 0) is 42.7 Å². The van der Waals surface area contributed by atoms with Crippen LogP contribution in [0.3, 0.4) is 0 Å². The lowest BCUT2D eigenvalue weighted by molar-refractivity contribution is 0.0765. The van der Waals surface area contributed by atoms with Crippen molar-refractivity contribution in [1.29, 1.82) is 0 Å². The molecule has 0 radical (unpaired) electrons. The topological polar surface area (TPSA) is 120 Å². The van der Waals surface area contributed by atoms with Crippen LogP contribution in [0.1, 0.15) is 59.9 Å². The van der Waals surface area contributed by atoms with Crippen LogP contribution in [0.15, 0.2) is 50.5 Å². The summed E-state index contributed by atoms with van der Waals surface area (Å²) >= 11 is 6.43. The Bertz CT molecular complexity index is 1520. The number of fused-ring (bicyclic) bond motifs is 1. The normalized spacial score (nSPS) is 14.4. The molecule has 0 unspecified atom stereocenters. The number of H-pyrrole nitrogens is 1. The van der Waals surface area contributed by atoms with Gasteiger partial charge in [-0.15, -0.1) is 0 Å². The Labute approximate surface area is 212 Å². The van der Waals surface area contributed by atoms with Crippen LogP contribution in [0.4, 0.5) is 17.1 Å². The van der Waals surface area contributed by atoms with Gasteiger partial charge in [-0.1, -0.05) is 32.4 Å². The first-order valence-electron chi connectivity index (χ1n) is 11.6. The number of benzene rings is 1. The number of carbonyl (C=O) groups excluding carboxylic acids is 1. The van der Waals surface area contributed by atoms with Gasteiger partial charge in [0.25, 0.3) is 16.8 Å². The summed E-state index contributed by atoms with van der Waals surface area (Å²) in [5.41, 5.74) is 0.941. The summed E-state index contributed by atoms with van der Waals surface area (Å²) in [6, 6.07) is 8.47. The molecule has 5 rings (SSSR count). The van der Waals surface area contributed by atoms with Gasteiger partial charge < -0.3 is 20.0 Å². The van der Waals surface area contributed by atoms with Crippen LogP contribution in [0.5, 0.6) is 0 Å². The Kier molecular flexibility index (Phi) is 5.75. The smallest absolute Gasteiger partial charge is 0.257 e. The predicted octanol–water partition coefficient (Wildman–Crippen LogP) is 4.66. The number of carbonyl (C=O) groups is 1. The number of furan rings is 1. The Morgan fingerprint density at radius 3 is 2.50 bits per heavy atom. The van der Waals surface area contributed by atoms with Crippen molar-refractivity contribution < 1.29 is 9.21 Å². The van der Waals surface area contributed by atoms with E-state index >= 15 is 0 Å². The van der Waals surface area contributed by atoms with E-state index in [4.69, 9.17) is 16.0 Å². The third-order valence-electron chi connectivity index (χ3n) is 6.40. The summed E-state index contributed by atoms with van der Waals surface area (Å²) < 4.78 is 5.83. The number of anilines is 3. The lowest BCUT2D eigenvalue weighted by Crippen LogP contribution is -2.39. The molecule has 36 heavy (non-hydrogen) atoms. The molecule has 10 heteroatoms. The quantitative estimate of drug-likeness (QED) is 0.311. The third kappa shape index (κ3) is 4.09. The summed E-state index contributed by atoms with van der Waals surface area (Å²) in [6.07, 6.45) is 1.62. The van der Waals surface area contributed by atoms with E-state index in [-0.39, 0.29) is 28.7 Å². The molecule has 1 amide bonds. The highest BCUT2D eigenvalue weighted by Gasteiger charge is 2.35. The first kappa shape index (κ1) is 23.9. The number of aryl methyl sites for hydroxylation is 1. The molecular formula is C26H26ClN5O4. The zero-order valence-corrected chi connectivity index (χ0v) is 21.1. The number of halogens is 1. The second kappa shape index (κ2) is 8.67. The minimum atomic E-state index is -0.649. The van der Waals surface area contributed by atoms with Gasteiger partial charge in [0, 0.05) is 23.3 Å². The lowest BCUT2D eigenvalue weighted by atomic mass is 9.85. The van der Waals surface area contributed by atoms with Crippen LogP contribution in [-0.4, -0.2) is 21.0 Å². The molecule has 1 aliphatic heterocycles. The number of amides is 1. The van der Waals surface area contributed by atoms with Crippen molar-refractivity contribution in [3.63, 3.8) is 0 Å². The Balaban J connectivity index is 1.46. The molecule has 0 bridgehead atoms. The second-order valence-electron chi connectivity index (χ2n) is 10.1. The molecule has 3 N–H and O–H groups in total. The minimum absolute atomic E-state index is 0.113. The van der Waals surface area contributed by atoms with Crippen LogP contribution < -0.4 is 21.5 Å². The average Bonchev–Trinajstić information content (AvgIpc) is 3.56. The van der Waals surface area contributed by atoms with Gasteiger partial charge in [0.15, 0.2) is 0 Å². The van der Waals surface area contributed by atoms with Gasteiger partial charge in [-0.3, -0.25) is 19.5 Å². The van der Waals surface area contributed by atoms with E-state index in [0.29, 0.717) is 40.7 Å². The van der Waals surface area contributed by atoms with Crippen molar-refractivity contribution in [2.24, 2.45) is 5.41 Å². The highest BCUT2D eigenvalue weighted by Crippen LogP contribution is 2.40. The molecular weight excluding hydrogens is 482 g/mol. The fourth-order valence-electron chi connectivity index (χ4n) is 4.50. The maximum absolute atomic E-state index is 13.3. The standard InChI is InChI=1S/C26H26ClN5O4/c1-13-5-8-18(36-13)24(26(2,3)4)30-21-20(22(33)23(21)34)29-17-7-6-16(27)15-12-32(25(35)19(15)17)11-14-9-10-28-31-14/h5-10,24,29-30H,11-12H2,1-4H3,(H,28,31)/t24-/m0/s1. The molecule has 4 aromatic rings. The van der Waals surface area contributed by atoms with Crippen LogP contribution in [0.2, 0.25) is 5.02 Å². The lowest BCUT2D eigenvalue weighted by Gasteiger charge is -2.31. The van der Waals surface area contributed by atoms with Crippen molar-refractivity contribution in [2.75, 3.05) is 10.6 Å². The molecule has 3 heterocycles. The van der Waals surface area contributed by atoms with Crippen molar-refractivity contribution in [3.8, 4) is 0 Å². The van der Waals surface area contributed by atoms with Gasteiger partial charge in [-0.2, -0.15) is 5.10 Å². The van der Waals surface area contributed by atoms with E-state index in [1.165, 1.54) is 0 Å². The van der Waals surface area contributed by atoms with Crippen LogP contribution in [-0.2, 0) is 13.1 Å². The fraction of sp³-hybridized carbons (Fsp3) is 0.308. The third-order valence-corrected chi connectivity index (χ3v) is 6.75. The van der Waals surface area contributed by atoms with Crippen molar-refractivity contribution in [3.05, 3.63) is 90.3 Å². The zero-order valence-electron chi connectivity index (χ0n) is 20.4. The largest absolute Gasteiger partial charge is 0.464 e. The highest BCUT2D eigenvalue weighted by atomic mass is 35.5. The van der Waals surface area contributed by atoms with E-state index in [2.05, 4.69) is 20.8 Å². The van der Waals surface area contributed by atoms with Gasteiger partial charge in [0.2, 0.25) is 0 Å². The average molecular weight is 508 g/mol. The summed E-state index contributed by atoms with van der Waals surface area (Å²) in [5.74, 6) is 1.19. The SMILES string of the molecule is Cc1ccc([C@H](Nc2c(Nc3ccc(Cl)c4c3C(=O)N(Cc3ccn[nH]3)C4)c(=O)c2=O)C(C)(C)C)o1. The Morgan fingerprint density at radius 1 is 1.11 bits per heavy atom. The van der Waals surface area contributed by atoms with Gasteiger partial charge in [-0.25, -0.2) is 0 Å². The van der Waals surface area contributed by atoms with Crippen LogP contribution in [0, 0.1) is 12.3 Å². The number of aromatic nitrogens is 2. The second-order valence-corrected chi connectivity index (χ2v) is 10.5. The van der Waals surface area contributed by atoms with Gasteiger partial charge in [0.1, 0.15) is 22.9 Å². The van der Waals surface area contributed by atoms with E-state index in [1.807, 2.05) is 39.8 Å². The number of hydrogen-bond acceptors (Lipinski definition) is 7. The molecule has 0 spiro atoms. The van der Waals surface area contributed by atoms with Gasteiger partial charge >= 0.3 is 0 Å². The molecule has 2 aromatic heterocycles. The molecule has 1 aliphatic rings. The zero-order chi connectivity index (χ0) is 25.8. The molecule has 1 atom stereocenters. The van der Waals surface area contributed by atoms with Crippen LogP contribution in [0.25, 0.3) is 0 Å². The Hall–Kier alpha value is -3.85. The number of rotatable bonds is 7. The minimum Gasteiger partial charge on any atom is -0.464 e. The Morgan fingerprint density at radius 2 is 1.86 bits per heavy atom. The number of aromatic amines is 1. The molecule has 0 fully saturated rings. The maximum Gasteiger partial charge on any atom is 0.257 e. The summed E-state index contributed by atoms with van der Waals surface area (Å²) in [6.45, 7) is 8.55. The van der Waals surface area contributed by atoms with E-state index in [0.717, 1.165) is 11.5 Å². The number of nitrogens with one attached hydrogen (secondary N) is 3. The van der Waals surface area contributed by atoms with Crippen LogP contribution >= 0.6 is 11.6 Å². The molecule has 2 aromatic carbocycles. The summed E-state index contributed by atoms with van der Waals surface area (Å²) in [7, 11) is 0. The van der Waals surface area contributed by atoms with Crippen molar-refractivity contribution in [1.82, 2.24) is 15.1 Å². The van der Waals surface area contributed by atoms with E-state index in [1.54, 1.807) is 29.3 Å².